The summed E-state index contributed by atoms with van der Waals surface area (Å²) in [4.78, 5) is 19.5. The van der Waals surface area contributed by atoms with Crippen molar-refractivity contribution in [1.29, 1.82) is 0 Å². The van der Waals surface area contributed by atoms with Crippen LogP contribution in [0, 0.1) is 10.1 Å². The summed E-state index contributed by atoms with van der Waals surface area (Å²) in [6.45, 7) is 11.7. The molecule has 1 aliphatic rings. The number of benzene rings is 1. The molecular weight excluding hydrogens is 334 g/mol. The average molecular weight is 359 g/mol. The van der Waals surface area contributed by atoms with Crippen molar-refractivity contribution in [2.75, 3.05) is 31.1 Å². The maximum atomic E-state index is 10.8. The van der Waals surface area contributed by atoms with Crippen LogP contribution >= 0.6 is 0 Å². The van der Waals surface area contributed by atoms with Gasteiger partial charge in [-0.05, 0) is 19.1 Å². The topological polar surface area (TPSA) is 88.5 Å². The van der Waals surface area contributed by atoms with Crippen LogP contribution in [-0.4, -0.2) is 46.1 Å². The van der Waals surface area contributed by atoms with Crippen LogP contribution in [0.5, 0.6) is 0 Å². The van der Waals surface area contributed by atoms with Crippen molar-refractivity contribution in [1.82, 2.24) is 15.0 Å². The fourth-order valence-corrected chi connectivity index (χ4v) is 3.02. The Hall–Kier alpha value is -2.48. The molecule has 2 aromatic rings. The smallest absolute Gasteiger partial charge is 0.269 e. The summed E-state index contributed by atoms with van der Waals surface area (Å²) in [6.07, 6.45) is 0. The van der Waals surface area contributed by atoms with E-state index in [1.807, 2.05) is 12.1 Å². The predicted octanol–water partition coefficient (Wildman–Crippen LogP) is 3.16. The molecule has 1 saturated heterocycles. The summed E-state index contributed by atoms with van der Waals surface area (Å²) in [7, 11) is 0. The lowest BCUT2D eigenvalue weighted by atomic mass is 9.96. The molecule has 0 bridgehead atoms. The van der Waals surface area contributed by atoms with Gasteiger partial charge in [-0.15, -0.1) is 0 Å². The van der Waals surface area contributed by atoms with E-state index in [4.69, 9.17) is 4.52 Å². The molecule has 1 fully saturated rings. The van der Waals surface area contributed by atoms with Gasteiger partial charge >= 0.3 is 0 Å². The van der Waals surface area contributed by atoms with E-state index < -0.39 is 0 Å². The Labute approximate surface area is 152 Å². The third-order valence-corrected chi connectivity index (χ3v) is 4.76. The zero-order valence-corrected chi connectivity index (χ0v) is 15.7. The highest BCUT2D eigenvalue weighted by molar-refractivity contribution is 5.51. The Kier molecular flexibility index (Phi) is 4.95. The van der Waals surface area contributed by atoms with Crippen LogP contribution in [0.1, 0.15) is 45.5 Å². The Morgan fingerprint density at radius 1 is 1.15 bits per heavy atom. The number of nitro benzene ring substituents is 1. The number of hydrogen-bond donors (Lipinski definition) is 0. The largest absolute Gasteiger partial charge is 0.369 e. The molecule has 0 unspecified atom stereocenters. The maximum Gasteiger partial charge on any atom is 0.269 e. The van der Waals surface area contributed by atoms with Gasteiger partial charge in [-0.2, -0.15) is 4.98 Å². The highest BCUT2D eigenvalue weighted by Crippen LogP contribution is 2.26. The second-order valence-corrected chi connectivity index (χ2v) is 7.68. The number of nitrogens with zero attached hydrogens (tertiary/aromatic N) is 5. The van der Waals surface area contributed by atoms with Crippen molar-refractivity contribution in [3.63, 3.8) is 0 Å². The molecular formula is C18H25N5O3. The minimum absolute atomic E-state index is 0.0672. The molecule has 0 amide bonds. The summed E-state index contributed by atoms with van der Waals surface area (Å²) in [6, 6.07) is 6.79. The zero-order chi connectivity index (χ0) is 18.9. The van der Waals surface area contributed by atoms with E-state index in [1.54, 1.807) is 12.1 Å². The summed E-state index contributed by atoms with van der Waals surface area (Å²) >= 11 is 0. The van der Waals surface area contributed by atoms with Crippen molar-refractivity contribution in [2.45, 2.75) is 39.2 Å². The monoisotopic (exact) mass is 359 g/mol. The highest BCUT2D eigenvalue weighted by atomic mass is 16.6. The quantitative estimate of drug-likeness (QED) is 0.612. The lowest BCUT2D eigenvalue weighted by Crippen LogP contribution is -2.47. The van der Waals surface area contributed by atoms with Crippen LogP contribution in [-0.2, 0) is 5.41 Å². The molecule has 1 aromatic carbocycles. The Bertz CT molecular complexity index is 758. The van der Waals surface area contributed by atoms with E-state index in [0.717, 1.165) is 37.7 Å². The van der Waals surface area contributed by atoms with Crippen molar-refractivity contribution in [2.24, 2.45) is 0 Å². The first kappa shape index (κ1) is 18.3. The third kappa shape index (κ3) is 3.85. The Morgan fingerprint density at radius 3 is 2.27 bits per heavy atom. The van der Waals surface area contributed by atoms with Crippen molar-refractivity contribution < 1.29 is 9.45 Å². The van der Waals surface area contributed by atoms with Crippen LogP contribution in [0.2, 0.25) is 0 Å². The summed E-state index contributed by atoms with van der Waals surface area (Å²) in [5.74, 6) is 1.38. The third-order valence-electron chi connectivity index (χ3n) is 4.76. The molecule has 0 spiro atoms. The number of nitro groups is 1. The second kappa shape index (κ2) is 7.03. The first-order valence-electron chi connectivity index (χ1n) is 8.83. The van der Waals surface area contributed by atoms with Gasteiger partial charge in [0.15, 0.2) is 5.82 Å². The van der Waals surface area contributed by atoms with Gasteiger partial charge in [0.25, 0.3) is 5.69 Å². The molecule has 0 saturated carbocycles. The molecule has 3 rings (SSSR count). The first-order valence-corrected chi connectivity index (χ1v) is 8.83. The van der Waals surface area contributed by atoms with E-state index in [0.29, 0.717) is 5.89 Å². The number of rotatable bonds is 4. The first-order chi connectivity index (χ1) is 12.3. The average Bonchev–Trinajstić information content (AvgIpc) is 3.12. The van der Waals surface area contributed by atoms with E-state index in [2.05, 4.69) is 47.6 Å². The van der Waals surface area contributed by atoms with Crippen molar-refractivity contribution in [3.8, 4) is 0 Å². The molecule has 2 heterocycles. The SMILES string of the molecule is C[C@@H](c1nc(C(C)(C)C)no1)N1CCN(c2ccc([N+](=O)[O-])cc2)CC1. The molecule has 140 valence electrons. The molecule has 0 aliphatic carbocycles. The molecule has 8 nitrogen and oxygen atoms in total. The molecule has 0 radical (unpaired) electrons. The van der Waals surface area contributed by atoms with Crippen molar-refractivity contribution >= 4 is 11.4 Å². The second-order valence-electron chi connectivity index (χ2n) is 7.68. The van der Waals surface area contributed by atoms with E-state index >= 15 is 0 Å². The minimum Gasteiger partial charge on any atom is -0.369 e. The molecule has 0 N–H and O–H groups in total. The van der Waals surface area contributed by atoms with Gasteiger partial charge in [0, 0.05) is 49.4 Å². The fourth-order valence-electron chi connectivity index (χ4n) is 3.02. The van der Waals surface area contributed by atoms with Crippen LogP contribution in [0.3, 0.4) is 0 Å². The van der Waals surface area contributed by atoms with Gasteiger partial charge in [-0.25, -0.2) is 0 Å². The van der Waals surface area contributed by atoms with Crippen LogP contribution in [0.15, 0.2) is 28.8 Å². The van der Waals surface area contributed by atoms with Crippen LogP contribution in [0.4, 0.5) is 11.4 Å². The van der Waals surface area contributed by atoms with E-state index in [1.165, 1.54) is 0 Å². The number of non-ortho nitro benzene ring substituents is 1. The molecule has 1 aliphatic heterocycles. The van der Waals surface area contributed by atoms with Gasteiger partial charge in [-0.3, -0.25) is 15.0 Å². The van der Waals surface area contributed by atoms with E-state index in [-0.39, 0.29) is 22.1 Å². The number of piperazine rings is 1. The van der Waals surface area contributed by atoms with Crippen LogP contribution < -0.4 is 4.90 Å². The standard InChI is InChI=1S/C18H25N5O3/c1-13(16-19-17(20-26-16)18(2,3)4)21-9-11-22(12-10-21)14-5-7-15(8-6-14)23(24)25/h5-8,13H,9-12H2,1-4H3/t13-/m0/s1. The lowest BCUT2D eigenvalue weighted by molar-refractivity contribution is -0.384. The summed E-state index contributed by atoms with van der Waals surface area (Å²) in [5.41, 5.74) is 0.999. The zero-order valence-electron chi connectivity index (χ0n) is 15.7. The van der Waals surface area contributed by atoms with Gasteiger partial charge < -0.3 is 9.42 Å². The molecule has 1 aromatic heterocycles. The van der Waals surface area contributed by atoms with Crippen molar-refractivity contribution in [3.05, 3.63) is 46.1 Å². The number of hydrogen-bond acceptors (Lipinski definition) is 7. The Balaban J connectivity index is 1.61. The summed E-state index contributed by atoms with van der Waals surface area (Å²) < 4.78 is 5.47. The fraction of sp³-hybridized carbons (Fsp3) is 0.556. The lowest BCUT2D eigenvalue weighted by Gasteiger charge is -2.38. The molecule has 26 heavy (non-hydrogen) atoms. The van der Waals surface area contributed by atoms with E-state index in [9.17, 15) is 10.1 Å². The molecule has 8 heteroatoms. The summed E-state index contributed by atoms with van der Waals surface area (Å²) in [5, 5.41) is 14.9. The van der Waals surface area contributed by atoms with Crippen LogP contribution in [0.25, 0.3) is 0 Å². The minimum atomic E-state index is -0.375. The number of anilines is 1. The van der Waals surface area contributed by atoms with Gasteiger partial charge in [0.05, 0.1) is 11.0 Å². The van der Waals surface area contributed by atoms with Gasteiger partial charge in [0.1, 0.15) is 0 Å². The number of aromatic nitrogens is 2. The molecule has 1 atom stereocenters. The van der Waals surface area contributed by atoms with Gasteiger partial charge in [0.2, 0.25) is 5.89 Å². The van der Waals surface area contributed by atoms with Gasteiger partial charge in [-0.1, -0.05) is 25.9 Å². The Morgan fingerprint density at radius 2 is 1.77 bits per heavy atom. The normalized spacial score (nSPS) is 17.3. The predicted molar refractivity (Wildman–Crippen MR) is 98.3 cm³/mol. The maximum absolute atomic E-state index is 10.8. The highest BCUT2D eigenvalue weighted by Gasteiger charge is 2.28.